The van der Waals surface area contributed by atoms with Gasteiger partial charge in [0.1, 0.15) is 5.69 Å². The number of hydrogen-bond acceptors (Lipinski definition) is 5. The quantitative estimate of drug-likeness (QED) is 0.700. The molecule has 1 aliphatic rings. The van der Waals surface area contributed by atoms with Gasteiger partial charge in [0.25, 0.3) is 0 Å². The normalized spacial score (nSPS) is 21.8. The molecule has 136 valence electrons. The van der Waals surface area contributed by atoms with Crippen LogP contribution in [0.15, 0.2) is 36.7 Å². The summed E-state index contributed by atoms with van der Waals surface area (Å²) in [5.74, 6) is 0. The highest BCUT2D eigenvalue weighted by molar-refractivity contribution is 5.81. The van der Waals surface area contributed by atoms with Gasteiger partial charge in [0.05, 0.1) is 17.9 Å². The fourth-order valence-corrected chi connectivity index (χ4v) is 3.02. The van der Waals surface area contributed by atoms with E-state index in [4.69, 9.17) is 9.47 Å². The lowest BCUT2D eigenvalue weighted by molar-refractivity contribution is -0.299. The Hall–Kier alpha value is -2.31. The summed E-state index contributed by atoms with van der Waals surface area (Å²) in [5.41, 5.74) is 2.90. The number of pyridine rings is 2. The number of hydrogen-bond donors (Lipinski definition) is 0. The monoisotopic (exact) mass is 352 g/mol. The van der Waals surface area contributed by atoms with Gasteiger partial charge in [0.2, 0.25) is 0 Å². The first-order valence-electron chi connectivity index (χ1n) is 8.82. The van der Waals surface area contributed by atoms with Crippen molar-refractivity contribution in [3.8, 4) is 11.4 Å². The Morgan fingerprint density at radius 2 is 1.88 bits per heavy atom. The zero-order valence-electron chi connectivity index (χ0n) is 15.9. The second-order valence-corrected chi connectivity index (χ2v) is 8.00. The van der Waals surface area contributed by atoms with Gasteiger partial charge in [-0.1, -0.05) is 13.8 Å². The minimum Gasteiger partial charge on any atom is -0.348 e. The Morgan fingerprint density at radius 3 is 2.58 bits per heavy atom. The molecule has 0 aromatic carbocycles. The van der Waals surface area contributed by atoms with Crippen LogP contribution in [-0.2, 0) is 16.5 Å². The maximum Gasteiger partial charge on any atom is 0.185 e. The molecule has 26 heavy (non-hydrogen) atoms. The van der Waals surface area contributed by atoms with Crippen LogP contribution in [0.2, 0.25) is 0 Å². The Kier molecular flexibility index (Phi) is 3.86. The second-order valence-electron chi connectivity index (χ2n) is 8.00. The smallest absolute Gasteiger partial charge is 0.185 e. The molecule has 6 nitrogen and oxygen atoms in total. The van der Waals surface area contributed by atoms with Crippen molar-refractivity contribution in [2.24, 2.45) is 12.5 Å². The van der Waals surface area contributed by atoms with Crippen LogP contribution in [0.5, 0.6) is 0 Å². The topological polar surface area (TPSA) is 62.1 Å². The Labute approximate surface area is 153 Å². The molecule has 3 aromatic heterocycles. The lowest BCUT2D eigenvalue weighted by Gasteiger charge is -2.48. The number of rotatable bonds is 2. The molecule has 0 saturated carbocycles. The van der Waals surface area contributed by atoms with E-state index in [0.29, 0.717) is 12.3 Å². The molecule has 1 aliphatic heterocycles. The van der Waals surface area contributed by atoms with Crippen LogP contribution in [0.3, 0.4) is 0 Å². The molecule has 0 bridgehead atoms. The predicted molar refractivity (Wildman–Crippen MR) is 99.4 cm³/mol. The molecule has 0 radical (unpaired) electrons. The van der Waals surface area contributed by atoms with Crippen molar-refractivity contribution in [1.82, 2.24) is 19.7 Å². The third kappa shape index (κ3) is 2.79. The fraction of sp³-hybridized carbons (Fsp3) is 0.450. The average molecular weight is 352 g/mol. The zero-order valence-corrected chi connectivity index (χ0v) is 15.9. The molecule has 3 aromatic rings. The molecule has 0 N–H and O–H groups in total. The van der Waals surface area contributed by atoms with E-state index in [-0.39, 0.29) is 11.0 Å². The van der Waals surface area contributed by atoms with Crippen LogP contribution in [0.1, 0.15) is 39.5 Å². The standard InChI is InChI=1S/C20H24N4O2/c1-19(2)12-25-18(26-20(19,3)4)14-8-10-21-17-13(14)6-7-15(22-17)16-9-11-24(5)23-16/h6-11,18H,12H2,1-5H3. The van der Waals surface area contributed by atoms with Crippen LogP contribution < -0.4 is 0 Å². The first kappa shape index (κ1) is 17.1. The first-order chi connectivity index (χ1) is 12.3. The summed E-state index contributed by atoms with van der Waals surface area (Å²) >= 11 is 0. The minimum atomic E-state index is -0.425. The van der Waals surface area contributed by atoms with Crippen molar-refractivity contribution in [2.75, 3.05) is 6.61 Å². The van der Waals surface area contributed by atoms with Crippen molar-refractivity contribution in [1.29, 1.82) is 0 Å². The summed E-state index contributed by atoms with van der Waals surface area (Å²) in [6, 6.07) is 7.88. The Morgan fingerprint density at radius 1 is 1.08 bits per heavy atom. The molecule has 1 fully saturated rings. The van der Waals surface area contributed by atoms with Gasteiger partial charge in [-0.15, -0.1) is 0 Å². The van der Waals surface area contributed by atoms with Gasteiger partial charge in [-0.05, 0) is 38.1 Å². The molecule has 6 heteroatoms. The molecule has 4 rings (SSSR count). The van der Waals surface area contributed by atoms with Crippen LogP contribution in [0.4, 0.5) is 0 Å². The predicted octanol–water partition coefficient (Wildman–Crippen LogP) is 3.88. The zero-order chi connectivity index (χ0) is 18.5. The summed E-state index contributed by atoms with van der Waals surface area (Å²) < 4.78 is 14.1. The van der Waals surface area contributed by atoms with Crippen LogP contribution >= 0.6 is 0 Å². The molecule has 1 saturated heterocycles. The summed E-state index contributed by atoms with van der Waals surface area (Å²) in [6.07, 6.45) is 3.23. The number of aromatic nitrogens is 4. The van der Waals surface area contributed by atoms with Gasteiger partial charge in [0.15, 0.2) is 11.9 Å². The van der Waals surface area contributed by atoms with Crippen molar-refractivity contribution < 1.29 is 9.47 Å². The minimum absolute atomic E-state index is 0.0588. The third-order valence-corrected chi connectivity index (χ3v) is 5.49. The molecule has 1 atom stereocenters. The molecular formula is C20H24N4O2. The van der Waals surface area contributed by atoms with Crippen LogP contribution in [-0.4, -0.2) is 32.0 Å². The number of nitrogens with zero attached hydrogens (tertiary/aromatic N) is 4. The van der Waals surface area contributed by atoms with E-state index in [2.05, 4.69) is 42.8 Å². The van der Waals surface area contributed by atoms with E-state index in [9.17, 15) is 0 Å². The average Bonchev–Trinajstić information content (AvgIpc) is 3.03. The van der Waals surface area contributed by atoms with Crippen LogP contribution in [0, 0.1) is 5.41 Å². The fourth-order valence-electron chi connectivity index (χ4n) is 3.02. The van der Waals surface area contributed by atoms with E-state index in [1.54, 1.807) is 10.9 Å². The largest absolute Gasteiger partial charge is 0.348 e. The number of aryl methyl sites for hydroxylation is 1. The first-order valence-corrected chi connectivity index (χ1v) is 8.82. The highest BCUT2D eigenvalue weighted by Crippen LogP contribution is 2.44. The lowest BCUT2D eigenvalue weighted by atomic mass is 9.77. The number of fused-ring (bicyclic) bond motifs is 1. The molecule has 0 aliphatic carbocycles. The SMILES string of the molecule is Cn1ccc(-c2ccc3c(C4OCC(C)(C)C(C)(C)O4)ccnc3n2)n1. The van der Waals surface area contributed by atoms with E-state index >= 15 is 0 Å². The van der Waals surface area contributed by atoms with E-state index in [1.807, 2.05) is 37.5 Å². The molecule has 0 amide bonds. The second kappa shape index (κ2) is 5.86. The summed E-state index contributed by atoms with van der Waals surface area (Å²) in [7, 11) is 1.89. The van der Waals surface area contributed by atoms with Gasteiger partial charge in [-0.25, -0.2) is 9.97 Å². The Bertz CT molecular complexity index is 961. The van der Waals surface area contributed by atoms with Crippen molar-refractivity contribution in [3.63, 3.8) is 0 Å². The van der Waals surface area contributed by atoms with E-state index in [0.717, 1.165) is 22.3 Å². The van der Waals surface area contributed by atoms with E-state index < -0.39 is 6.29 Å². The maximum atomic E-state index is 6.31. The third-order valence-electron chi connectivity index (χ3n) is 5.49. The van der Waals surface area contributed by atoms with Gasteiger partial charge >= 0.3 is 0 Å². The van der Waals surface area contributed by atoms with Gasteiger partial charge in [0, 0.05) is 35.8 Å². The van der Waals surface area contributed by atoms with Crippen molar-refractivity contribution in [2.45, 2.75) is 39.6 Å². The molecule has 4 heterocycles. The highest BCUT2D eigenvalue weighted by atomic mass is 16.7. The maximum absolute atomic E-state index is 6.31. The van der Waals surface area contributed by atoms with Gasteiger partial charge in [-0.3, -0.25) is 4.68 Å². The van der Waals surface area contributed by atoms with Gasteiger partial charge in [-0.2, -0.15) is 5.10 Å². The Balaban J connectivity index is 1.73. The summed E-state index contributed by atoms with van der Waals surface area (Å²) in [5, 5.41) is 5.35. The molecule has 1 unspecified atom stereocenters. The summed E-state index contributed by atoms with van der Waals surface area (Å²) in [4.78, 5) is 9.12. The highest BCUT2D eigenvalue weighted by Gasteiger charge is 2.45. The lowest BCUT2D eigenvalue weighted by Crippen LogP contribution is -2.50. The molecule has 0 spiro atoms. The van der Waals surface area contributed by atoms with Gasteiger partial charge < -0.3 is 9.47 Å². The van der Waals surface area contributed by atoms with Crippen molar-refractivity contribution in [3.05, 3.63) is 42.2 Å². The molecular weight excluding hydrogens is 328 g/mol. The van der Waals surface area contributed by atoms with Crippen molar-refractivity contribution >= 4 is 11.0 Å². The van der Waals surface area contributed by atoms with E-state index in [1.165, 1.54) is 0 Å². The summed E-state index contributed by atoms with van der Waals surface area (Å²) in [6.45, 7) is 9.18. The number of ether oxygens (including phenoxy) is 2. The van der Waals surface area contributed by atoms with Crippen LogP contribution in [0.25, 0.3) is 22.4 Å².